The topological polar surface area (TPSA) is 75.4 Å². The number of carboxylic acids is 1. The number of aliphatic carboxylic acids is 1. The Morgan fingerprint density at radius 3 is 2.50 bits per heavy atom. The molecule has 0 bridgehead atoms. The molecule has 3 rings (SSSR count). The van der Waals surface area contributed by atoms with E-state index in [0.29, 0.717) is 25.9 Å². The Morgan fingerprint density at radius 2 is 1.93 bits per heavy atom. The summed E-state index contributed by atoms with van der Waals surface area (Å²) in [6, 6.07) is 6.10. The molecule has 1 fully saturated rings. The molecule has 1 aliphatic rings. The molecular weight excluding hydrogens is 361 g/mol. The van der Waals surface area contributed by atoms with Crippen molar-refractivity contribution in [3.63, 3.8) is 0 Å². The van der Waals surface area contributed by atoms with Crippen molar-refractivity contribution >= 4 is 11.9 Å². The second-order valence-electron chi connectivity index (χ2n) is 7.50. The third-order valence-electron chi connectivity index (χ3n) is 5.54. The summed E-state index contributed by atoms with van der Waals surface area (Å²) in [5.41, 5.74) is 1.90. The smallest absolute Gasteiger partial charge is 0.303 e. The molecule has 1 amide bonds. The predicted octanol–water partition coefficient (Wildman–Crippen LogP) is 2.99. The molecule has 0 aliphatic carbocycles. The lowest BCUT2D eigenvalue weighted by Crippen LogP contribution is -2.40. The lowest BCUT2D eigenvalue weighted by atomic mass is 9.78. The van der Waals surface area contributed by atoms with Gasteiger partial charge < -0.3 is 10.0 Å². The zero-order chi connectivity index (χ0) is 20.1. The highest BCUT2D eigenvalue weighted by Gasteiger charge is 2.30. The first-order valence-electron chi connectivity index (χ1n) is 9.65. The number of carboxylic acid groups (broad SMARTS) is 1. The van der Waals surface area contributed by atoms with Crippen LogP contribution in [0.1, 0.15) is 42.7 Å². The van der Waals surface area contributed by atoms with E-state index < -0.39 is 5.97 Å². The molecule has 2 aromatic rings. The van der Waals surface area contributed by atoms with Crippen molar-refractivity contribution in [2.24, 2.45) is 13.0 Å². The summed E-state index contributed by atoms with van der Waals surface area (Å²) in [5, 5.41) is 13.4. The highest BCUT2D eigenvalue weighted by atomic mass is 19.1. The Kier molecular flexibility index (Phi) is 6.44. The monoisotopic (exact) mass is 387 g/mol. The van der Waals surface area contributed by atoms with E-state index in [1.54, 1.807) is 23.0 Å². The fraction of sp³-hybridized carbons (Fsp3) is 0.476. The van der Waals surface area contributed by atoms with Gasteiger partial charge in [-0.3, -0.25) is 14.3 Å². The van der Waals surface area contributed by atoms with Crippen LogP contribution in [0.25, 0.3) is 0 Å². The number of aryl methyl sites for hydroxylation is 2. The van der Waals surface area contributed by atoms with Crippen molar-refractivity contribution in [1.29, 1.82) is 0 Å². The van der Waals surface area contributed by atoms with Crippen molar-refractivity contribution < 1.29 is 19.1 Å². The molecule has 1 aromatic heterocycles. The fourth-order valence-electron chi connectivity index (χ4n) is 4.02. The van der Waals surface area contributed by atoms with Crippen LogP contribution >= 0.6 is 0 Å². The van der Waals surface area contributed by atoms with Crippen LogP contribution in [0.5, 0.6) is 0 Å². The van der Waals surface area contributed by atoms with Crippen molar-refractivity contribution in [3.8, 4) is 0 Å². The van der Waals surface area contributed by atoms with Gasteiger partial charge in [-0.1, -0.05) is 12.1 Å². The Labute approximate surface area is 164 Å². The van der Waals surface area contributed by atoms with Gasteiger partial charge in [-0.15, -0.1) is 0 Å². The van der Waals surface area contributed by atoms with Crippen LogP contribution in [-0.2, 0) is 23.1 Å². The molecule has 0 radical (unpaired) electrons. The molecule has 1 aliphatic heterocycles. The molecule has 0 saturated carbocycles. The van der Waals surface area contributed by atoms with Gasteiger partial charge in [-0.25, -0.2) is 4.39 Å². The molecule has 0 spiro atoms. The van der Waals surface area contributed by atoms with Crippen LogP contribution < -0.4 is 0 Å². The summed E-state index contributed by atoms with van der Waals surface area (Å²) < 4.78 is 15.0. The quantitative estimate of drug-likeness (QED) is 0.793. The summed E-state index contributed by atoms with van der Waals surface area (Å²) in [7, 11) is 1.85. The molecule has 28 heavy (non-hydrogen) atoms. The van der Waals surface area contributed by atoms with Crippen LogP contribution in [0.4, 0.5) is 4.39 Å². The maximum absolute atomic E-state index is 13.2. The van der Waals surface area contributed by atoms with Gasteiger partial charge in [-0.05, 0) is 54.4 Å². The van der Waals surface area contributed by atoms with Crippen LogP contribution in [0.15, 0.2) is 36.7 Å². The van der Waals surface area contributed by atoms with Crippen molar-refractivity contribution in [2.45, 2.75) is 38.0 Å². The summed E-state index contributed by atoms with van der Waals surface area (Å²) in [4.78, 5) is 25.7. The van der Waals surface area contributed by atoms with Crippen molar-refractivity contribution in [3.05, 3.63) is 53.6 Å². The van der Waals surface area contributed by atoms with E-state index in [4.69, 9.17) is 0 Å². The lowest BCUT2D eigenvalue weighted by Gasteiger charge is -2.36. The lowest BCUT2D eigenvalue weighted by molar-refractivity contribution is -0.138. The first kappa shape index (κ1) is 20.0. The first-order chi connectivity index (χ1) is 13.4. The minimum atomic E-state index is -0.857. The van der Waals surface area contributed by atoms with Crippen LogP contribution in [0, 0.1) is 11.7 Å². The van der Waals surface area contributed by atoms with Crippen molar-refractivity contribution in [1.82, 2.24) is 14.7 Å². The van der Waals surface area contributed by atoms with E-state index in [1.165, 1.54) is 12.1 Å². The van der Waals surface area contributed by atoms with E-state index >= 15 is 0 Å². The number of rotatable bonds is 7. The van der Waals surface area contributed by atoms with Gasteiger partial charge in [0.25, 0.3) is 0 Å². The first-order valence-corrected chi connectivity index (χ1v) is 9.65. The fourth-order valence-corrected chi connectivity index (χ4v) is 4.02. The second kappa shape index (κ2) is 8.99. The van der Waals surface area contributed by atoms with Crippen LogP contribution in [0.2, 0.25) is 0 Å². The SMILES string of the molecule is Cn1cc(CCC(=O)N2CCC([C@H](CC(=O)O)c3ccc(F)cc3)CC2)cn1. The van der Waals surface area contributed by atoms with Gasteiger partial charge >= 0.3 is 5.97 Å². The van der Waals surface area contributed by atoms with Gasteiger partial charge in [0.05, 0.1) is 12.6 Å². The Hall–Kier alpha value is -2.70. The standard InChI is InChI=1S/C21H26FN3O3/c1-24-14-15(13-23-24)2-7-20(26)25-10-8-17(9-11-25)19(12-21(27)28)16-3-5-18(22)6-4-16/h3-6,13-14,17,19H,2,7-12H2,1H3,(H,27,28)/t19-/m1/s1. The normalized spacial score (nSPS) is 16.1. The Balaban J connectivity index is 1.56. The molecule has 1 aromatic carbocycles. The molecular formula is C21H26FN3O3. The number of likely N-dealkylation sites (tertiary alicyclic amines) is 1. The summed E-state index contributed by atoms with van der Waals surface area (Å²) >= 11 is 0. The molecule has 0 unspecified atom stereocenters. The zero-order valence-corrected chi connectivity index (χ0v) is 16.1. The van der Waals surface area contributed by atoms with E-state index in [9.17, 15) is 19.1 Å². The van der Waals surface area contributed by atoms with Crippen LogP contribution in [-0.4, -0.2) is 44.8 Å². The number of carbonyl (C=O) groups is 2. The molecule has 150 valence electrons. The summed E-state index contributed by atoms with van der Waals surface area (Å²) in [6.45, 7) is 1.27. The van der Waals surface area contributed by atoms with E-state index in [2.05, 4.69) is 5.10 Å². The molecule has 1 N–H and O–H groups in total. The number of aromatic nitrogens is 2. The Morgan fingerprint density at radius 1 is 1.25 bits per heavy atom. The minimum Gasteiger partial charge on any atom is -0.481 e. The predicted molar refractivity (Wildman–Crippen MR) is 102 cm³/mol. The minimum absolute atomic E-state index is 0.0191. The summed E-state index contributed by atoms with van der Waals surface area (Å²) in [6.07, 6.45) is 6.35. The number of piperidine rings is 1. The second-order valence-corrected chi connectivity index (χ2v) is 7.50. The van der Waals surface area contributed by atoms with Gasteiger partial charge in [0, 0.05) is 32.8 Å². The average Bonchev–Trinajstić information content (AvgIpc) is 3.10. The highest BCUT2D eigenvalue weighted by Crippen LogP contribution is 2.35. The number of amides is 1. The van der Waals surface area contributed by atoms with Crippen molar-refractivity contribution in [2.75, 3.05) is 13.1 Å². The van der Waals surface area contributed by atoms with Gasteiger partial charge in [-0.2, -0.15) is 5.10 Å². The van der Waals surface area contributed by atoms with E-state index in [-0.39, 0.29) is 30.0 Å². The number of nitrogens with zero attached hydrogens (tertiary/aromatic N) is 3. The molecule has 1 atom stereocenters. The third kappa shape index (κ3) is 5.18. The zero-order valence-electron chi connectivity index (χ0n) is 16.1. The number of hydrogen-bond donors (Lipinski definition) is 1. The van der Waals surface area contributed by atoms with Gasteiger partial charge in [0.15, 0.2) is 0 Å². The van der Waals surface area contributed by atoms with Gasteiger partial charge in [0.2, 0.25) is 5.91 Å². The maximum atomic E-state index is 13.2. The highest BCUT2D eigenvalue weighted by molar-refractivity contribution is 5.76. The Bertz CT molecular complexity index is 811. The molecule has 2 heterocycles. The average molecular weight is 387 g/mol. The number of benzene rings is 1. The maximum Gasteiger partial charge on any atom is 0.303 e. The third-order valence-corrected chi connectivity index (χ3v) is 5.54. The molecule has 7 heteroatoms. The van der Waals surface area contributed by atoms with Gasteiger partial charge in [0.1, 0.15) is 5.82 Å². The number of halogens is 1. The molecule has 1 saturated heterocycles. The number of hydrogen-bond acceptors (Lipinski definition) is 3. The van der Waals surface area contributed by atoms with E-state index in [1.807, 2.05) is 18.1 Å². The number of carbonyl (C=O) groups excluding carboxylic acids is 1. The largest absolute Gasteiger partial charge is 0.481 e. The molecule has 6 nitrogen and oxygen atoms in total. The van der Waals surface area contributed by atoms with Crippen LogP contribution in [0.3, 0.4) is 0 Å². The summed E-state index contributed by atoms with van der Waals surface area (Å²) in [5.74, 6) is -1.05. The van der Waals surface area contributed by atoms with E-state index in [0.717, 1.165) is 24.0 Å².